The van der Waals surface area contributed by atoms with E-state index in [0.29, 0.717) is 37.2 Å². The Bertz CT molecular complexity index is 878. The summed E-state index contributed by atoms with van der Waals surface area (Å²) in [5.41, 5.74) is -3.68. The monoisotopic (exact) mass is 521 g/mol. The number of nitrogens with zero attached hydrogens (tertiary/aromatic N) is 1. The Hall–Kier alpha value is -2.30. The molecule has 2 aliphatic rings. The van der Waals surface area contributed by atoms with Gasteiger partial charge in [-0.25, -0.2) is 0 Å². The highest BCUT2D eigenvalue weighted by Crippen LogP contribution is 2.36. The highest BCUT2D eigenvalue weighted by Gasteiger charge is 2.37. The van der Waals surface area contributed by atoms with Gasteiger partial charge in [0, 0.05) is 24.7 Å². The average molecular weight is 522 g/mol. The van der Waals surface area contributed by atoms with Gasteiger partial charge in [-0.2, -0.15) is 26.3 Å². The lowest BCUT2D eigenvalue weighted by Gasteiger charge is -2.29. The maximum absolute atomic E-state index is 13.0. The zero-order valence-corrected chi connectivity index (χ0v) is 20.3. The van der Waals surface area contributed by atoms with Gasteiger partial charge in [0.2, 0.25) is 5.91 Å². The van der Waals surface area contributed by atoms with Gasteiger partial charge in [-0.1, -0.05) is 6.92 Å². The molecular formula is C25H33F6N3O2. The smallest absolute Gasteiger partial charge is 0.352 e. The number of hydrogen-bond donors (Lipinski definition) is 2. The molecule has 1 unspecified atom stereocenters. The summed E-state index contributed by atoms with van der Waals surface area (Å²) < 4.78 is 78.2. The predicted molar refractivity (Wildman–Crippen MR) is 122 cm³/mol. The van der Waals surface area contributed by atoms with Crippen molar-refractivity contribution in [2.75, 3.05) is 26.2 Å². The number of alkyl halides is 6. The zero-order chi connectivity index (χ0) is 26.5. The van der Waals surface area contributed by atoms with E-state index < -0.39 is 35.0 Å². The molecule has 1 aliphatic heterocycles. The van der Waals surface area contributed by atoms with E-state index in [0.717, 1.165) is 51.5 Å². The van der Waals surface area contributed by atoms with Crippen molar-refractivity contribution in [2.24, 2.45) is 11.8 Å². The van der Waals surface area contributed by atoms with Crippen molar-refractivity contribution < 1.29 is 35.9 Å². The van der Waals surface area contributed by atoms with Crippen LogP contribution >= 0.6 is 0 Å². The number of rotatable bonds is 8. The molecule has 2 N–H and O–H groups in total. The molecule has 11 heteroatoms. The third-order valence-corrected chi connectivity index (χ3v) is 7.25. The first-order valence-corrected chi connectivity index (χ1v) is 12.5. The number of carbonyl (C=O) groups is 2. The van der Waals surface area contributed by atoms with Crippen LogP contribution in [-0.4, -0.2) is 48.9 Å². The van der Waals surface area contributed by atoms with Crippen molar-refractivity contribution in [1.29, 1.82) is 0 Å². The average Bonchev–Trinajstić information content (AvgIpc) is 3.31. The molecule has 1 aliphatic carbocycles. The van der Waals surface area contributed by atoms with Gasteiger partial charge in [0.1, 0.15) is 0 Å². The zero-order valence-electron chi connectivity index (χ0n) is 20.3. The van der Waals surface area contributed by atoms with Crippen LogP contribution in [0.4, 0.5) is 26.3 Å². The maximum Gasteiger partial charge on any atom is 0.416 e. The van der Waals surface area contributed by atoms with E-state index >= 15 is 0 Å². The minimum absolute atomic E-state index is 0.00688. The Kier molecular flexibility index (Phi) is 9.29. The maximum atomic E-state index is 13.0. The van der Waals surface area contributed by atoms with Crippen molar-refractivity contribution in [3.63, 3.8) is 0 Å². The molecule has 2 fully saturated rings. The lowest BCUT2D eigenvalue weighted by molar-refractivity contribution is -0.143. The van der Waals surface area contributed by atoms with Crippen LogP contribution in [0.2, 0.25) is 0 Å². The van der Waals surface area contributed by atoms with Gasteiger partial charge >= 0.3 is 12.4 Å². The predicted octanol–water partition coefficient (Wildman–Crippen LogP) is 5.25. The third kappa shape index (κ3) is 7.60. The van der Waals surface area contributed by atoms with Crippen LogP contribution in [0.5, 0.6) is 0 Å². The first kappa shape index (κ1) is 28.3. The van der Waals surface area contributed by atoms with E-state index in [1.165, 1.54) is 0 Å². The fourth-order valence-corrected chi connectivity index (χ4v) is 5.14. The van der Waals surface area contributed by atoms with Crippen LogP contribution in [0.1, 0.15) is 73.4 Å². The summed E-state index contributed by atoms with van der Waals surface area (Å²) in [6.07, 6.45) is -3.65. The Morgan fingerprint density at radius 1 is 0.889 bits per heavy atom. The molecule has 1 saturated carbocycles. The van der Waals surface area contributed by atoms with E-state index in [-0.39, 0.29) is 24.4 Å². The lowest BCUT2D eigenvalue weighted by atomic mass is 9.82. The fourth-order valence-electron chi connectivity index (χ4n) is 5.14. The van der Waals surface area contributed by atoms with Crippen LogP contribution in [0.25, 0.3) is 0 Å². The first-order valence-electron chi connectivity index (χ1n) is 12.5. The molecule has 1 atom stereocenters. The topological polar surface area (TPSA) is 61.4 Å². The third-order valence-electron chi connectivity index (χ3n) is 7.25. The van der Waals surface area contributed by atoms with Gasteiger partial charge in [-0.05, 0) is 81.5 Å². The van der Waals surface area contributed by atoms with Crippen molar-refractivity contribution in [3.8, 4) is 0 Å². The second-order valence-corrected chi connectivity index (χ2v) is 9.81. The Morgan fingerprint density at radius 3 is 1.97 bits per heavy atom. The Labute approximate surface area is 207 Å². The SMILES string of the molecule is CCC1CCCN1C(=O)CNCC1CCC(CNC(=O)c2cc(C(F)(F)F)cc(C(F)(F)F)c2)CC1. The van der Waals surface area contributed by atoms with Crippen LogP contribution in [0, 0.1) is 11.8 Å². The lowest BCUT2D eigenvalue weighted by Crippen LogP contribution is -2.42. The number of carbonyl (C=O) groups excluding carboxylic acids is 2. The number of hydrogen-bond acceptors (Lipinski definition) is 3. The number of nitrogens with one attached hydrogen (secondary N) is 2. The molecule has 1 heterocycles. The molecule has 1 aromatic rings. The molecule has 2 amide bonds. The van der Waals surface area contributed by atoms with Crippen LogP contribution in [0.3, 0.4) is 0 Å². The van der Waals surface area contributed by atoms with Gasteiger partial charge in [0.15, 0.2) is 0 Å². The molecule has 1 aromatic carbocycles. The number of benzene rings is 1. The Balaban J connectivity index is 1.43. The fraction of sp³-hybridized carbons (Fsp3) is 0.680. The number of likely N-dealkylation sites (tertiary alicyclic amines) is 1. The number of halogens is 6. The van der Waals surface area contributed by atoms with Crippen molar-refractivity contribution in [3.05, 3.63) is 34.9 Å². The van der Waals surface area contributed by atoms with E-state index in [9.17, 15) is 35.9 Å². The van der Waals surface area contributed by atoms with Gasteiger partial charge < -0.3 is 15.5 Å². The molecule has 36 heavy (non-hydrogen) atoms. The van der Waals surface area contributed by atoms with Gasteiger partial charge in [0.25, 0.3) is 5.91 Å². The summed E-state index contributed by atoms with van der Waals surface area (Å²) in [4.78, 5) is 26.8. The van der Waals surface area contributed by atoms with E-state index in [1.54, 1.807) is 0 Å². The van der Waals surface area contributed by atoms with Crippen molar-refractivity contribution in [2.45, 2.75) is 70.3 Å². The largest absolute Gasteiger partial charge is 0.416 e. The van der Waals surface area contributed by atoms with Crippen molar-refractivity contribution in [1.82, 2.24) is 15.5 Å². The second kappa shape index (κ2) is 11.8. The molecule has 3 rings (SSSR count). The summed E-state index contributed by atoms with van der Waals surface area (Å²) in [5.74, 6) is -0.363. The summed E-state index contributed by atoms with van der Waals surface area (Å²) in [6.45, 7) is 4.10. The standard InChI is InChI=1S/C25H33F6N3O2/c1-2-21-4-3-9-34(21)22(35)15-32-13-16-5-7-17(8-6-16)14-33-23(36)18-10-19(24(26,27)28)12-20(11-18)25(29,30)31/h10-12,16-17,21,32H,2-9,13-15H2,1H3,(H,33,36). The molecule has 0 radical (unpaired) electrons. The number of amides is 2. The van der Waals surface area contributed by atoms with Crippen molar-refractivity contribution >= 4 is 11.8 Å². The molecule has 1 saturated heterocycles. The van der Waals surface area contributed by atoms with E-state index in [2.05, 4.69) is 17.6 Å². The van der Waals surface area contributed by atoms with E-state index in [1.807, 2.05) is 4.90 Å². The summed E-state index contributed by atoms with van der Waals surface area (Å²) in [7, 11) is 0. The van der Waals surface area contributed by atoms with Gasteiger partial charge in [0.05, 0.1) is 17.7 Å². The Morgan fingerprint density at radius 2 is 1.44 bits per heavy atom. The first-order chi connectivity index (χ1) is 16.9. The minimum atomic E-state index is -5.00. The second-order valence-electron chi connectivity index (χ2n) is 9.81. The minimum Gasteiger partial charge on any atom is -0.352 e. The summed E-state index contributed by atoms with van der Waals surface area (Å²) >= 11 is 0. The van der Waals surface area contributed by atoms with Crippen LogP contribution in [0.15, 0.2) is 18.2 Å². The molecule has 5 nitrogen and oxygen atoms in total. The summed E-state index contributed by atoms with van der Waals surface area (Å²) in [5, 5.41) is 5.75. The molecule has 0 aromatic heterocycles. The molecule has 202 valence electrons. The van der Waals surface area contributed by atoms with Crippen LogP contribution < -0.4 is 10.6 Å². The van der Waals surface area contributed by atoms with Gasteiger partial charge in [-0.15, -0.1) is 0 Å². The molecule has 0 spiro atoms. The quantitative estimate of drug-likeness (QED) is 0.460. The molecular weight excluding hydrogens is 488 g/mol. The normalized spacial score (nSPS) is 23.1. The van der Waals surface area contributed by atoms with Crippen LogP contribution in [-0.2, 0) is 17.1 Å². The highest BCUT2D eigenvalue weighted by molar-refractivity contribution is 5.94. The summed E-state index contributed by atoms with van der Waals surface area (Å²) in [6, 6.07) is 1.23. The van der Waals surface area contributed by atoms with Gasteiger partial charge in [-0.3, -0.25) is 9.59 Å². The molecule has 0 bridgehead atoms. The van der Waals surface area contributed by atoms with E-state index in [4.69, 9.17) is 0 Å². The highest BCUT2D eigenvalue weighted by atomic mass is 19.4.